The van der Waals surface area contributed by atoms with Crippen LogP contribution >= 0.6 is 0 Å². The Labute approximate surface area is 100 Å². The van der Waals surface area contributed by atoms with Gasteiger partial charge in [0.05, 0.1) is 11.0 Å². The number of aryl methyl sites for hydroxylation is 1. The van der Waals surface area contributed by atoms with Crippen LogP contribution < -0.4 is 0 Å². The third kappa shape index (κ3) is 3.03. The zero-order valence-electron chi connectivity index (χ0n) is 9.71. The first kappa shape index (κ1) is 12.0. The third-order valence-electron chi connectivity index (χ3n) is 3.57. The van der Waals surface area contributed by atoms with Crippen LogP contribution in [-0.4, -0.2) is 16.1 Å². The number of nitro benzene ring substituents is 1. The monoisotopic (exact) mass is 235 g/mol. The van der Waals surface area contributed by atoms with Crippen LogP contribution in [0.2, 0.25) is 0 Å². The van der Waals surface area contributed by atoms with Gasteiger partial charge in [0.1, 0.15) is 0 Å². The highest BCUT2D eigenvalue weighted by molar-refractivity contribution is 5.32. The van der Waals surface area contributed by atoms with Gasteiger partial charge < -0.3 is 5.11 Å². The predicted octanol–water partition coefficient (Wildman–Crippen LogP) is 2.69. The number of hydrogen-bond donors (Lipinski definition) is 1. The average Bonchev–Trinajstić information content (AvgIpc) is 2.73. The van der Waals surface area contributed by atoms with E-state index < -0.39 is 0 Å². The van der Waals surface area contributed by atoms with Gasteiger partial charge in [-0.3, -0.25) is 10.1 Å². The van der Waals surface area contributed by atoms with Gasteiger partial charge in [-0.1, -0.05) is 18.6 Å². The fourth-order valence-electron chi connectivity index (χ4n) is 2.49. The number of nitro groups is 1. The Morgan fingerprint density at radius 1 is 1.29 bits per heavy atom. The van der Waals surface area contributed by atoms with Crippen LogP contribution in [0.3, 0.4) is 0 Å². The molecule has 0 amide bonds. The van der Waals surface area contributed by atoms with Crippen molar-refractivity contribution in [1.29, 1.82) is 0 Å². The maximum atomic E-state index is 10.5. The minimum Gasteiger partial charge on any atom is -0.393 e. The molecule has 1 aliphatic carbocycles. The lowest BCUT2D eigenvalue weighted by molar-refractivity contribution is -0.384. The largest absolute Gasteiger partial charge is 0.393 e. The number of hydrogen-bond acceptors (Lipinski definition) is 3. The van der Waals surface area contributed by atoms with Gasteiger partial charge in [0, 0.05) is 12.1 Å². The summed E-state index contributed by atoms with van der Waals surface area (Å²) < 4.78 is 0. The average molecular weight is 235 g/mol. The molecule has 2 atom stereocenters. The molecule has 1 saturated carbocycles. The second kappa shape index (κ2) is 5.27. The lowest BCUT2D eigenvalue weighted by atomic mass is 9.96. The summed E-state index contributed by atoms with van der Waals surface area (Å²) in [6, 6.07) is 6.69. The van der Waals surface area contributed by atoms with Gasteiger partial charge in [-0.25, -0.2) is 0 Å². The minimum absolute atomic E-state index is 0.134. The summed E-state index contributed by atoms with van der Waals surface area (Å²) in [5.74, 6) is 0.408. The van der Waals surface area contributed by atoms with Crippen molar-refractivity contribution in [3.8, 4) is 0 Å². The fraction of sp³-hybridized carbons (Fsp3) is 0.538. The molecule has 0 radical (unpaired) electrons. The summed E-state index contributed by atoms with van der Waals surface area (Å²) in [6.45, 7) is 0. The topological polar surface area (TPSA) is 63.4 Å². The van der Waals surface area contributed by atoms with E-state index in [1.807, 2.05) is 0 Å². The van der Waals surface area contributed by atoms with Crippen molar-refractivity contribution < 1.29 is 10.0 Å². The zero-order chi connectivity index (χ0) is 12.3. The molecular weight excluding hydrogens is 218 g/mol. The van der Waals surface area contributed by atoms with Gasteiger partial charge in [0.15, 0.2) is 0 Å². The Morgan fingerprint density at radius 3 is 2.53 bits per heavy atom. The molecule has 0 bridgehead atoms. The van der Waals surface area contributed by atoms with Crippen molar-refractivity contribution >= 4 is 5.69 Å². The van der Waals surface area contributed by atoms with E-state index in [0.29, 0.717) is 5.92 Å². The molecular formula is C13H17NO3. The van der Waals surface area contributed by atoms with Gasteiger partial charge in [0.2, 0.25) is 0 Å². The SMILES string of the molecule is O=[N+]([O-])c1ccc(CCC2CCCC2O)cc1. The van der Waals surface area contributed by atoms with E-state index >= 15 is 0 Å². The molecule has 0 saturated heterocycles. The van der Waals surface area contributed by atoms with Crippen molar-refractivity contribution in [2.24, 2.45) is 5.92 Å². The van der Waals surface area contributed by atoms with Crippen molar-refractivity contribution in [3.63, 3.8) is 0 Å². The van der Waals surface area contributed by atoms with Crippen LogP contribution in [0.25, 0.3) is 0 Å². The quantitative estimate of drug-likeness (QED) is 0.644. The normalized spacial score (nSPS) is 23.8. The van der Waals surface area contributed by atoms with Crippen molar-refractivity contribution in [3.05, 3.63) is 39.9 Å². The lowest BCUT2D eigenvalue weighted by Crippen LogP contribution is -2.13. The summed E-state index contributed by atoms with van der Waals surface area (Å²) in [5.41, 5.74) is 1.24. The Balaban J connectivity index is 1.88. The summed E-state index contributed by atoms with van der Waals surface area (Å²) in [6.07, 6.45) is 4.86. The number of rotatable bonds is 4. The van der Waals surface area contributed by atoms with E-state index in [1.54, 1.807) is 24.3 Å². The Kier molecular flexibility index (Phi) is 3.74. The van der Waals surface area contributed by atoms with E-state index in [9.17, 15) is 15.2 Å². The van der Waals surface area contributed by atoms with Crippen LogP contribution in [-0.2, 0) is 6.42 Å². The van der Waals surface area contributed by atoms with E-state index in [1.165, 1.54) is 0 Å². The highest BCUT2D eigenvalue weighted by Gasteiger charge is 2.24. The minimum atomic E-state index is -0.384. The van der Waals surface area contributed by atoms with E-state index in [-0.39, 0.29) is 16.7 Å². The van der Waals surface area contributed by atoms with Gasteiger partial charge in [-0.2, -0.15) is 0 Å². The van der Waals surface area contributed by atoms with Crippen molar-refractivity contribution in [2.75, 3.05) is 0 Å². The molecule has 17 heavy (non-hydrogen) atoms. The maximum absolute atomic E-state index is 10.5. The van der Waals surface area contributed by atoms with Gasteiger partial charge >= 0.3 is 0 Å². The zero-order valence-corrected chi connectivity index (χ0v) is 9.71. The summed E-state index contributed by atoms with van der Waals surface area (Å²) in [5, 5.41) is 20.2. The Bertz CT molecular complexity index is 388. The van der Waals surface area contributed by atoms with Crippen molar-refractivity contribution in [1.82, 2.24) is 0 Å². The number of non-ortho nitro benzene ring substituents is 1. The van der Waals surface area contributed by atoms with E-state index in [4.69, 9.17) is 0 Å². The fourth-order valence-corrected chi connectivity index (χ4v) is 2.49. The molecule has 1 aliphatic rings. The molecule has 0 heterocycles. The molecule has 1 fully saturated rings. The van der Waals surface area contributed by atoms with E-state index in [2.05, 4.69) is 0 Å². The predicted molar refractivity (Wildman–Crippen MR) is 64.8 cm³/mol. The standard InChI is InChI=1S/C13H17NO3/c15-13-3-1-2-11(13)7-4-10-5-8-12(9-6-10)14(16)17/h5-6,8-9,11,13,15H,1-4,7H2. The molecule has 92 valence electrons. The third-order valence-corrected chi connectivity index (χ3v) is 3.57. The van der Waals surface area contributed by atoms with Crippen LogP contribution in [0.4, 0.5) is 5.69 Å². The van der Waals surface area contributed by atoms with Crippen LogP contribution in [0.1, 0.15) is 31.2 Å². The first-order valence-corrected chi connectivity index (χ1v) is 6.08. The maximum Gasteiger partial charge on any atom is 0.269 e. The first-order chi connectivity index (χ1) is 8.16. The van der Waals surface area contributed by atoms with Crippen LogP contribution in [0.15, 0.2) is 24.3 Å². The molecule has 4 nitrogen and oxygen atoms in total. The Morgan fingerprint density at radius 2 is 2.00 bits per heavy atom. The molecule has 2 unspecified atom stereocenters. The summed E-state index contributed by atoms with van der Waals surface area (Å²) in [4.78, 5) is 10.1. The lowest BCUT2D eigenvalue weighted by Gasteiger charge is -2.13. The van der Waals surface area contributed by atoms with Gasteiger partial charge in [0.25, 0.3) is 5.69 Å². The second-order valence-corrected chi connectivity index (χ2v) is 4.72. The molecule has 4 heteroatoms. The highest BCUT2D eigenvalue weighted by Crippen LogP contribution is 2.29. The number of nitrogens with zero attached hydrogens (tertiary/aromatic N) is 1. The molecule has 1 aromatic rings. The molecule has 1 N–H and O–H groups in total. The van der Waals surface area contributed by atoms with Gasteiger partial charge in [-0.15, -0.1) is 0 Å². The number of benzene rings is 1. The van der Waals surface area contributed by atoms with Crippen LogP contribution in [0.5, 0.6) is 0 Å². The first-order valence-electron chi connectivity index (χ1n) is 6.08. The second-order valence-electron chi connectivity index (χ2n) is 4.72. The molecule has 0 aromatic heterocycles. The molecule has 2 rings (SSSR count). The number of aliphatic hydroxyl groups excluding tert-OH is 1. The highest BCUT2D eigenvalue weighted by atomic mass is 16.6. The van der Waals surface area contributed by atoms with Crippen molar-refractivity contribution in [2.45, 2.75) is 38.2 Å². The van der Waals surface area contributed by atoms with Gasteiger partial charge in [-0.05, 0) is 37.2 Å². The Hall–Kier alpha value is -1.42. The molecule has 0 aliphatic heterocycles. The summed E-state index contributed by atoms with van der Waals surface area (Å²) in [7, 11) is 0. The van der Waals surface area contributed by atoms with Crippen LogP contribution in [0, 0.1) is 16.0 Å². The molecule has 1 aromatic carbocycles. The molecule has 0 spiro atoms. The summed E-state index contributed by atoms with van der Waals surface area (Å²) >= 11 is 0. The smallest absolute Gasteiger partial charge is 0.269 e. The van der Waals surface area contributed by atoms with E-state index in [0.717, 1.165) is 37.7 Å². The number of aliphatic hydroxyl groups is 1.